The molecule has 5 nitrogen and oxygen atoms in total. The average Bonchev–Trinajstić information content (AvgIpc) is 2.54. The number of benzene rings is 1. The number of fused-ring (bicyclic) bond motifs is 1. The number of carbonyl (C=O) groups is 1. The van der Waals surface area contributed by atoms with E-state index in [0.717, 1.165) is 41.7 Å². The number of aromatic nitrogens is 1. The Morgan fingerprint density at radius 2 is 2.27 bits per heavy atom. The highest BCUT2D eigenvalue weighted by molar-refractivity contribution is 6.02. The van der Waals surface area contributed by atoms with Crippen LogP contribution in [0.4, 0.5) is 11.5 Å². The molecule has 2 N–H and O–H groups in total. The fourth-order valence-electron chi connectivity index (χ4n) is 3.28. The van der Waals surface area contributed by atoms with Crippen LogP contribution in [-0.4, -0.2) is 36.2 Å². The Bertz CT molecular complexity index is 714. The van der Waals surface area contributed by atoms with Crippen LogP contribution in [0.1, 0.15) is 18.4 Å². The SMILES string of the molecule is CNc1cnc(N2CCCC(C(=O)O)C2)c2cccc(C)c12. The average molecular weight is 299 g/mol. The maximum Gasteiger partial charge on any atom is 0.308 e. The number of anilines is 2. The molecule has 22 heavy (non-hydrogen) atoms. The summed E-state index contributed by atoms with van der Waals surface area (Å²) in [5.74, 6) is -0.125. The van der Waals surface area contributed by atoms with Gasteiger partial charge < -0.3 is 15.3 Å². The van der Waals surface area contributed by atoms with Crippen molar-refractivity contribution in [1.29, 1.82) is 0 Å². The van der Waals surface area contributed by atoms with Crippen molar-refractivity contribution < 1.29 is 9.90 Å². The molecule has 0 aliphatic carbocycles. The van der Waals surface area contributed by atoms with Crippen LogP contribution in [0.25, 0.3) is 10.8 Å². The number of aliphatic carboxylic acids is 1. The molecule has 5 heteroatoms. The molecule has 0 bridgehead atoms. The van der Waals surface area contributed by atoms with Crippen LogP contribution >= 0.6 is 0 Å². The van der Waals surface area contributed by atoms with Gasteiger partial charge in [-0.3, -0.25) is 4.79 Å². The highest BCUT2D eigenvalue weighted by Crippen LogP contribution is 2.34. The van der Waals surface area contributed by atoms with Gasteiger partial charge in [0.2, 0.25) is 0 Å². The predicted octanol–water partition coefficient (Wildman–Crippen LogP) is 2.89. The Kier molecular flexibility index (Phi) is 3.88. The van der Waals surface area contributed by atoms with Crippen LogP contribution in [0.3, 0.4) is 0 Å². The molecular formula is C17H21N3O2. The van der Waals surface area contributed by atoms with Crippen molar-refractivity contribution in [3.8, 4) is 0 Å². The minimum absolute atomic E-state index is 0.306. The molecule has 1 aromatic heterocycles. The first-order valence-electron chi connectivity index (χ1n) is 7.65. The van der Waals surface area contributed by atoms with Gasteiger partial charge in [0.25, 0.3) is 0 Å². The van der Waals surface area contributed by atoms with Gasteiger partial charge in [0.05, 0.1) is 17.8 Å². The molecule has 1 unspecified atom stereocenters. The van der Waals surface area contributed by atoms with Crippen LogP contribution in [0.2, 0.25) is 0 Å². The maximum absolute atomic E-state index is 11.3. The first-order valence-corrected chi connectivity index (χ1v) is 7.65. The number of aryl methyl sites for hydroxylation is 1. The van der Waals surface area contributed by atoms with Crippen molar-refractivity contribution in [2.75, 3.05) is 30.4 Å². The quantitative estimate of drug-likeness (QED) is 0.912. The smallest absolute Gasteiger partial charge is 0.308 e. The van der Waals surface area contributed by atoms with E-state index in [-0.39, 0.29) is 5.92 Å². The first kappa shape index (κ1) is 14.6. The van der Waals surface area contributed by atoms with Crippen LogP contribution < -0.4 is 10.2 Å². The summed E-state index contributed by atoms with van der Waals surface area (Å²) < 4.78 is 0. The van der Waals surface area contributed by atoms with E-state index in [0.29, 0.717) is 6.54 Å². The summed E-state index contributed by atoms with van der Waals surface area (Å²) in [6.07, 6.45) is 3.48. The van der Waals surface area contributed by atoms with Crippen LogP contribution in [-0.2, 0) is 4.79 Å². The lowest BCUT2D eigenvalue weighted by Crippen LogP contribution is -2.39. The van der Waals surface area contributed by atoms with Gasteiger partial charge in [-0.1, -0.05) is 18.2 Å². The van der Waals surface area contributed by atoms with Crippen molar-refractivity contribution in [2.24, 2.45) is 5.92 Å². The molecule has 0 saturated carbocycles. The molecule has 1 aliphatic heterocycles. The van der Waals surface area contributed by atoms with E-state index in [4.69, 9.17) is 0 Å². The van der Waals surface area contributed by atoms with Crippen molar-refractivity contribution in [1.82, 2.24) is 4.98 Å². The molecule has 116 valence electrons. The second-order valence-electron chi connectivity index (χ2n) is 5.87. The van der Waals surface area contributed by atoms with Gasteiger partial charge in [0.1, 0.15) is 5.82 Å². The van der Waals surface area contributed by atoms with Crippen LogP contribution in [0.15, 0.2) is 24.4 Å². The molecule has 1 atom stereocenters. The van der Waals surface area contributed by atoms with E-state index < -0.39 is 5.97 Å². The van der Waals surface area contributed by atoms with Gasteiger partial charge in [-0.15, -0.1) is 0 Å². The minimum Gasteiger partial charge on any atom is -0.481 e. The fraction of sp³-hybridized carbons (Fsp3) is 0.412. The van der Waals surface area contributed by atoms with Gasteiger partial charge >= 0.3 is 5.97 Å². The van der Waals surface area contributed by atoms with E-state index in [1.807, 2.05) is 19.3 Å². The summed E-state index contributed by atoms with van der Waals surface area (Å²) in [7, 11) is 1.89. The van der Waals surface area contributed by atoms with Gasteiger partial charge in [0.15, 0.2) is 0 Å². The summed E-state index contributed by atoms with van der Waals surface area (Å²) in [4.78, 5) is 18.0. The Labute approximate surface area is 130 Å². The summed E-state index contributed by atoms with van der Waals surface area (Å²) in [6.45, 7) is 3.48. The molecular weight excluding hydrogens is 278 g/mol. The number of rotatable bonds is 3. The third-order valence-electron chi connectivity index (χ3n) is 4.44. The predicted molar refractivity (Wildman–Crippen MR) is 88.6 cm³/mol. The molecule has 1 fully saturated rings. The second kappa shape index (κ2) is 5.83. The third kappa shape index (κ3) is 2.47. The molecule has 2 heterocycles. The Morgan fingerprint density at radius 1 is 1.45 bits per heavy atom. The highest BCUT2D eigenvalue weighted by Gasteiger charge is 2.27. The zero-order valence-corrected chi connectivity index (χ0v) is 13.0. The number of carboxylic acid groups (broad SMARTS) is 1. The topological polar surface area (TPSA) is 65.5 Å². The summed E-state index contributed by atoms with van der Waals surface area (Å²) in [5, 5.41) is 14.7. The molecule has 0 radical (unpaired) electrons. The highest BCUT2D eigenvalue weighted by atomic mass is 16.4. The number of hydrogen-bond donors (Lipinski definition) is 2. The van der Waals surface area contributed by atoms with Crippen LogP contribution in [0, 0.1) is 12.8 Å². The van der Waals surface area contributed by atoms with Crippen molar-refractivity contribution in [3.63, 3.8) is 0 Å². The van der Waals surface area contributed by atoms with Gasteiger partial charge in [-0.05, 0) is 25.3 Å². The Hall–Kier alpha value is -2.30. The molecule has 2 aromatic rings. The third-order valence-corrected chi connectivity index (χ3v) is 4.44. The Balaban J connectivity index is 2.08. The Morgan fingerprint density at radius 3 is 3.00 bits per heavy atom. The van der Waals surface area contributed by atoms with E-state index in [1.54, 1.807) is 0 Å². The van der Waals surface area contributed by atoms with Crippen molar-refractivity contribution in [2.45, 2.75) is 19.8 Å². The molecule has 3 rings (SSSR count). The summed E-state index contributed by atoms with van der Waals surface area (Å²) in [5.41, 5.74) is 2.20. The van der Waals surface area contributed by atoms with E-state index in [9.17, 15) is 9.90 Å². The van der Waals surface area contributed by atoms with E-state index in [1.165, 1.54) is 5.56 Å². The van der Waals surface area contributed by atoms with Gasteiger partial charge in [-0.2, -0.15) is 0 Å². The standard InChI is InChI=1S/C17H21N3O2/c1-11-5-3-7-13-15(11)14(18-2)9-19-16(13)20-8-4-6-12(10-20)17(21)22/h3,5,7,9,12,18H,4,6,8,10H2,1-2H3,(H,21,22). The molecule has 0 amide bonds. The second-order valence-corrected chi connectivity index (χ2v) is 5.87. The number of hydrogen-bond acceptors (Lipinski definition) is 4. The molecule has 1 aromatic carbocycles. The zero-order valence-electron chi connectivity index (χ0n) is 13.0. The minimum atomic E-state index is -0.711. The van der Waals surface area contributed by atoms with Gasteiger partial charge in [-0.25, -0.2) is 4.98 Å². The molecule has 0 spiro atoms. The maximum atomic E-state index is 11.3. The lowest BCUT2D eigenvalue weighted by molar-refractivity contribution is -0.141. The van der Waals surface area contributed by atoms with Crippen molar-refractivity contribution >= 4 is 28.2 Å². The number of carboxylic acids is 1. The molecule has 1 saturated heterocycles. The van der Waals surface area contributed by atoms with Crippen molar-refractivity contribution in [3.05, 3.63) is 30.0 Å². The van der Waals surface area contributed by atoms with E-state index in [2.05, 4.69) is 34.3 Å². The number of nitrogens with one attached hydrogen (secondary N) is 1. The monoisotopic (exact) mass is 299 g/mol. The summed E-state index contributed by atoms with van der Waals surface area (Å²) in [6, 6.07) is 6.18. The lowest BCUT2D eigenvalue weighted by atomic mass is 9.97. The van der Waals surface area contributed by atoms with Gasteiger partial charge in [0, 0.05) is 30.9 Å². The normalized spacial score (nSPS) is 18.5. The molecule has 1 aliphatic rings. The number of nitrogens with zero attached hydrogens (tertiary/aromatic N) is 2. The summed E-state index contributed by atoms with van der Waals surface area (Å²) >= 11 is 0. The number of pyridine rings is 1. The fourth-order valence-corrected chi connectivity index (χ4v) is 3.28. The van der Waals surface area contributed by atoms with Crippen LogP contribution in [0.5, 0.6) is 0 Å². The lowest BCUT2D eigenvalue weighted by Gasteiger charge is -2.32. The zero-order chi connectivity index (χ0) is 15.7. The first-order chi connectivity index (χ1) is 10.6. The largest absolute Gasteiger partial charge is 0.481 e. The van der Waals surface area contributed by atoms with E-state index >= 15 is 0 Å². The number of piperidine rings is 1.